The van der Waals surface area contributed by atoms with Crippen molar-refractivity contribution >= 4 is 10.9 Å². The average molecular weight is 277 g/mol. The number of hydrogen-bond donors (Lipinski definition) is 2. The van der Waals surface area contributed by atoms with Crippen LogP contribution in [0.2, 0.25) is 0 Å². The number of piperidine rings is 1. The summed E-state index contributed by atoms with van der Waals surface area (Å²) in [6.45, 7) is 1.69. The number of aliphatic hydroxyl groups excluding tert-OH is 1. The largest absolute Gasteiger partial charge is 0.391 e. The molecule has 1 aliphatic rings. The van der Waals surface area contributed by atoms with Gasteiger partial charge in [-0.2, -0.15) is 0 Å². The van der Waals surface area contributed by atoms with Crippen molar-refractivity contribution < 1.29 is 9.50 Å². The number of aliphatic hydroxyl groups is 1. The van der Waals surface area contributed by atoms with E-state index in [2.05, 4.69) is 10.3 Å². The molecule has 0 radical (unpaired) electrons. The van der Waals surface area contributed by atoms with Gasteiger partial charge in [0, 0.05) is 19.0 Å². The summed E-state index contributed by atoms with van der Waals surface area (Å²) in [5, 5.41) is 13.0. The third-order valence-electron chi connectivity index (χ3n) is 3.82. The number of halogens is 1. The van der Waals surface area contributed by atoms with Crippen molar-refractivity contribution in [1.82, 2.24) is 14.9 Å². The van der Waals surface area contributed by atoms with Gasteiger partial charge in [0.2, 0.25) is 0 Å². The highest BCUT2D eigenvalue weighted by molar-refractivity contribution is 5.77. The fraction of sp³-hybridized carbons (Fsp3) is 0.429. The highest BCUT2D eigenvalue weighted by Gasteiger charge is 2.23. The van der Waals surface area contributed by atoms with Crippen molar-refractivity contribution in [2.75, 3.05) is 13.1 Å². The van der Waals surface area contributed by atoms with Crippen LogP contribution in [0.5, 0.6) is 0 Å². The maximum atomic E-state index is 13.8. The van der Waals surface area contributed by atoms with Crippen molar-refractivity contribution in [2.24, 2.45) is 5.92 Å². The number of benzene rings is 1. The first-order chi connectivity index (χ1) is 9.66. The van der Waals surface area contributed by atoms with Gasteiger partial charge in [0.25, 0.3) is 5.56 Å². The number of fused-ring (bicyclic) bond motifs is 1. The third kappa shape index (κ3) is 2.32. The first kappa shape index (κ1) is 13.2. The molecule has 5 nitrogen and oxygen atoms in total. The molecule has 20 heavy (non-hydrogen) atoms. The van der Waals surface area contributed by atoms with Gasteiger partial charge in [-0.3, -0.25) is 9.36 Å². The second kappa shape index (κ2) is 5.30. The molecule has 6 heteroatoms. The molecule has 0 spiro atoms. The van der Waals surface area contributed by atoms with Crippen molar-refractivity contribution in [3.05, 3.63) is 40.7 Å². The maximum absolute atomic E-state index is 13.8. The number of nitrogens with one attached hydrogen (secondary N) is 1. The highest BCUT2D eigenvalue weighted by Crippen LogP contribution is 2.15. The third-order valence-corrected chi connectivity index (χ3v) is 3.82. The predicted octanol–water partition coefficient (Wildman–Crippen LogP) is 0.506. The summed E-state index contributed by atoms with van der Waals surface area (Å²) in [7, 11) is 0. The lowest BCUT2D eigenvalue weighted by Gasteiger charge is -2.28. The standard InChI is InChI=1S/C14H16FN3O2/c15-10-2-1-3-11-13(10)14(20)18(8-17-11)7-9-4-5-16-6-12(9)19/h1-3,8-9,12,16,19H,4-7H2/t9-,12+/m0/s1. The average Bonchev–Trinajstić information content (AvgIpc) is 2.44. The van der Waals surface area contributed by atoms with E-state index in [1.165, 1.54) is 23.0 Å². The van der Waals surface area contributed by atoms with Crippen LogP contribution in [0.3, 0.4) is 0 Å². The molecule has 2 aromatic rings. The number of rotatable bonds is 2. The van der Waals surface area contributed by atoms with Crippen molar-refractivity contribution in [3.8, 4) is 0 Å². The first-order valence-electron chi connectivity index (χ1n) is 6.69. The highest BCUT2D eigenvalue weighted by atomic mass is 19.1. The van der Waals surface area contributed by atoms with Gasteiger partial charge in [0.05, 0.1) is 17.9 Å². The van der Waals surface area contributed by atoms with Gasteiger partial charge >= 0.3 is 0 Å². The molecule has 2 heterocycles. The minimum absolute atomic E-state index is 0.0124. The van der Waals surface area contributed by atoms with Crippen LogP contribution in [-0.2, 0) is 6.54 Å². The van der Waals surface area contributed by atoms with Crippen LogP contribution in [0, 0.1) is 11.7 Å². The van der Waals surface area contributed by atoms with E-state index < -0.39 is 11.9 Å². The summed E-state index contributed by atoms with van der Waals surface area (Å²) in [6.07, 6.45) is 1.72. The molecule has 0 amide bonds. The molecule has 0 bridgehead atoms. The lowest BCUT2D eigenvalue weighted by atomic mass is 9.95. The zero-order valence-electron chi connectivity index (χ0n) is 10.9. The van der Waals surface area contributed by atoms with E-state index in [1.807, 2.05) is 0 Å². The lowest BCUT2D eigenvalue weighted by molar-refractivity contribution is 0.0717. The maximum Gasteiger partial charge on any atom is 0.264 e. The molecule has 2 N–H and O–H groups in total. The molecule has 1 aliphatic heterocycles. The van der Waals surface area contributed by atoms with Crippen molar-refractivity contribution in [3.63, 3.8) is 0 Å². The smallest absolute Gasteiger partial charge is 0.264 e. The second-order valence-corrected chi connectivity index (χ2v) is 5.16. The van der Waals surface area contributed by atoms with Crippen LogP contribution < -0.4 is 10.9 Å². The molecule has 1 aromatic carbocycles. The van der Waals surface area contributed by atoms with Gasteiger partial charge in [0.1, 0.15) is 11.2 Å². The van der Waals surface area contributed by atoms with Gasteiger partial charge in [-0.1, -0.05) is 6.07 Å². The first-order valence-corrected chi connectivity index (χ1v) is 6.69. The Balaban J connectivity index is 1.98. The second-order valence-electron chi connectivity index (χ2n) is 5.16. The van der Waals surface area contributed by atoms with Crippen LogP contribution >= 0.6 is 0 Å². The Kier molecular flexibility index (Phi) is 3.50. The molecular weight excluding hydrogens is 261 g/mol. The molecule has 0 aliphatic carbocycles. The Morgan fingerprint density at radius 2 is 2.35 bits per heavy atom. The van der Waals surface area contributed by atoms with E-state index >= 15 is 0 Å². The summed E-state index contributed by atoms with van der Waals surface area (Å²) in [5.41, 5.74) is -0.0315. The number of hydrogen-bond acceptors (Lipinski definition) is 4. The van der Waals surface area contributed by atoms with Crippen LogP contribution in [0.1, 0.15) is 6.42 Å². The topological polar surface area (TPSA) is 67.2 Å². The molecule has 3 rings (SSSR count). The van der Waals surface area contributed by atoms with Crippen LogP contribution in [0.25, 0.3) is 10.9 Å². The van der Waals surface area contributed by atoms with Gasteiger partial charge < -0.3 is 10.4 Å². The number of nitrogens with zero attached hydrogens (tertiary/aromatic N) is 2. The van der Waals surface area contributed by atoms with E-state index in [0.29, 0.717) is 18.6 Å². The van der Waals surface area contributed by atoms with E-state index in [4.69, 9.17) is 0 Å². The van der Waals surface area contributed by atoms with Crippen LogP contribution in [0.4, 0.5) is 4.39 Å². The van der Waals surface area contributed by atoms with Crippen LogP contribution in [-0.4, -0.2) is 33.9 Å². The number of aromatic nitrogens is 2. The molecule has 1 aromatic heterocycles. The summed E-state index contributed by atoms with van der Waals surface area (Å²) in [5.74, 6) is -0.569. The molecule has 1 fully saturated rings. The summed E-state index contributed by atoms with van der Waals surface area (Å²) in [4.78, 5) is 16.4. The Bertz CT molecular complexity index is 686. The van der Waals surface area contributed by atoms with Crippen molar-refractivity contribution in [2.45, 2.75) is 19.1 Å². The van der Waals surface area contributed by atoms with E-state index in [-0.39, 0.29) is 16.9 Å². The summed E-state index contributed by atoms with van der Waals surface area (Å²) in [6, 6.07) is 4.41. The van der Waals surface area contributed by atoms with Crippen molar-refractivity contribution in [1.29, 1.82) is 0 Å². The van der Waals surface area contributed by atoms with Gasteiger partial charge in [-0.15, -0.1) is 0 Å². The predicted molar refractivity (Wildman–Crippen MR) is 72.9 cm³/mol. The minimum Gasteiger partial charge on any atom is -0.391 e. The fourth-order valence-electron chi connectivity index (χ4n) is 2.65. The number of β-amino-alcohol motifs (C(OH)–C–C–N with tert-alkyl or cyclic N) is 1. The van der Waals surface area contributed by atoms with E-state index in [0.717, 1.165) is 13.0 Å². The SMILES string of the molecule is O=c1c2c(F)cccc2ncn1C[C@@H]1CCNC[C@H]1O. The Morgan fingerprint density at radius 3 is 3.15 bits per heavy atom. The quantitative estimate of drug-likeness (QED) is 0.839. The fourth-order valence-corrected chi connectivity index (χ4v) is 2.65. The Hall–Kier alpha value is -1.79. The van der Waals surface area contributed by atoms with Gasteiger partial charge in [0.15, 0.2) is 0 Å². The molecule has 1 saturated heterocycles. The van der Waals surface area contributed by atoms with Gasteiger partial charge in [-0.05, 0) is 25.1 Å². The summed E-state index contributed by atoms with van der Waals surface area (Å²) < 4.78 is 15.2. The normalized spacial score (nSPS) is 23.1. The Labute approximate surface area is 115 Å². The van der Waals surface area contributed by atoms with Crippen LogP contribution in [0.15, 0.2) is 29.3 Å². The zero-order chi connectivity index (χ0) is 14.1. The van der Waals surface area contributed by atoms with E-state index in [9.17, 15) is 14.3 Å². The molecular formula is C14H16FN3O2. The molecule has 0 saturated carbocycles. The zero-order valence-corrected chi connectivity index (χ0v) is 10.9. The minimum atomic E-state index is -0.555. The molecule has 106 valence electrons. The van der Waals surface area contributed by atoms with E-state index in [1.54, 1.807) is 6.07 Å². The lowest BCUT2D eigenvalue weighted by Crippen LogP contribution is -2.43. The monoisotopic (exact) mass is 277 g/mol. The molecule has 0 unspecified atom stereocenters. The van der Waals surface area contributed by atoms with Gasteiger partial charge in [-0.25, -0.2) is 9.37 Å². The molecule has 2 atom stereocenters. The Morgan fingerprint density at radius 1 is 1.50 bits per heavy atom. The summed E-state index contributed by atoms with van der Waals surface area (Å²) >= 11 is 0.